The number of anilines is 2. The van der Waals surface area contributed by atoms with Crippen molar-refractivity contribution in [3.63, 3.8) is 0 Å². The molecule has 2 heterocycles. The molecule has 2 rings (SSSR count). The third-order valence-corrected chi connectivity index (χ3v) is 3.57. The number of ether oxygens (including phenoxy) is 2. The normalized spacial score (nSPS) is 11.1. The molecule has 0 aliphatic carbocycles. The number of hydrogen-bond donors (Lipinski definition) is 1. The zero-order valence-corrected chi connectivity index (χ0v) is 16.2. The highest BCUT2D eigenvalue weighted by Crippen LogP contribution is 2.22. The largest absolute Gasteiger partial charge is 0.462 e. The Hall–Kier alpha value is -2.55. The second-order valence-corrected chi connectivity index (χ2v) is 7.03. The van der Waals surface area contributed by atoms with E-state index in [1.807, 2.05) is 6.26 Å². The van der Waals surface area contributed by atoms with E-state index in [9.17, 15) is 9.59 Å². The topological polar surface area (TPSA) is 95.3 Å². The van der Waals surface area contributed by atoms with E-state index in [1.54, 1.807) is 46.2 Å². The average Bonchev–Trinajstić information content (AvgIpc) is 3.02. The molecular formula is C17H22N4O4S. The molecule has 0 bridgehead atoms. The van der Waals surface area contributed by atoms with Crippen molar-refractivity contribution in [3.05, 3.63) is 30.2 Å². The first-order valence-electron chi connectivity index (χ1n) is 8.00. The third-order valence-electron chi connectivity index (χ3n) is 3.00. The molecule has 0 saturated heterocycles. The minimum atomic E-state index is -0.591. The minimum absolute atomic E-state index is 0.217. The van der Waals surface area contributed by atoms with E-state index in [4.69, 9.17) is 9.47 Å². The van der Waals surface area contributed by atoms with Gasteiger partial charge in [0.1, 0.15) is 17.0 Å². The number of nitrogens with one attached hydrogen (secondary N) is 1. The van der Waals surface area contributed by atoms with Gasteiger partial charge >= 0.3 is 12.1 Å². The van der Waals surface area contributed by atoms with E-state index in [1.165, 1.54) is 22.5 Å². The van der Waals surface area contributed by atoms with Crippen molar-refractivity contribution in [2.45, 2.75) is 38.5 Å². The standard InChI is InChI=1S/C17H22N4O4S/c1-6-24-14(22)12-9-18-15(26-5)20-13(12)19-11-7-8-21(10-11)16(23)25-17(2,3)4/h7-10H,6H2,1-5H3,(H,18,19,20). The molecule has 0 atom stereocenters. The molecule has 0 aliphatic heterocycles. The second kappa shape index (κ2) is 8.22. The van der Waals surface area contributed by atoms with Gasteiger partial charge in [0.25, 0.3) is 0 Å². The van der Waals surface area contributed by atoms with Crippen LogP contribution in [0.2, 0.25) is 0 Å². The second-order valence-electron chi connectivity index (χ2n) is 6.25. The van der Waals surface area contributed by atoms with Crippen LogP contribution in [0.25, 0.3) is 0 Å². The molecule has 1 N–H and O–H groups in total. The Morgan fingerprint density at radius 2 is 2.08 bits per heavy atom. The SMILES string of the molecule is CCOC(=O)c1cnc(SC)nc1Nc1ccn(C(=O)OC(C)(C)C)c1. The molecule has 0 aromatic carbocycles. The summed E-state index contributed by atoms with van der Waals surface area (Å²) in [6.07, 6.45) is 5.89. The minimum Gasteiger partial charge on any atom is -0.462 e. The first-order valence-corrected chi connectivity index (χ1v) is 9.22. The molecule has 9 heteroatoms. The lowest BCUT2D eigenvalue weighted by Crippen LogP contribution is -2.26. The van der Waals surface area contributed by atoms with Crippen LogP contribution in [0.3, 0.4) is 0 Å². The number of carbonyl (C=O) groups excluding carboxylic acids is 2. The smallest absolute Gasteiger partial charge is 0.418 e. The Morgan fingerprint density at radius 1 is 1.35 bits per heavy atom. The maximum absolute atomic E-state index is 12.1. The van der Waals surface area contributed by atoms with Crippen molar-refractivity contribution in [2.75, 3.05) is 18.2 Å². The van der Waals surface area contributed by atoms with Crippen molar-refractivity contribution >= 4 is 35.3 Å². The molecule has 0 amide bonds. The molecule has 0 radical (unpaired) electrons. The Bertz CT molecular complexity index is 798. The molecule has 140 valence electrons. The fraction of sp³-hybridized carbons (Fsp3) is 0.412. The maximum atomic E-state index is 12.1. The molecule has 0 spiro atoms. The van der Waals surface area contributed by atoms with Crippen LogP contribution in [0, 0.1) is 0 Å². The van der Waals surface area contributed by atoms with Crippen LogP contribution in [0.5, 0.6) is 0 Å². The number of esters is 1. The van der Waals surface area contributed by atoms with Crippen LogP contribution in [-0.2, 0) is 9.47 Å². The van der Waals surface area contributed by atoms with Crippen molar-refractivity contribution in [1.29, 1.82) is 0 Å². The van der Waals surface area contributed by atoms with Gasteiger partial charge in [-0.2, -0.15) is 0 Å². The van der Waals surface area contributed by atoms with Gasteiger partial charge in [-0.3, -0.25) is 4.57 Å². The Balaban J connectivity index is 2.25. The van der Waals surface area contributed by atoms with Crippen molar-refractivity contribution < 1.29 is 19.1 Å². The van der Waals surface area contributed by atoms with E-state index in [2.05, 4.69) is 15.3 Å². The predicted octanol–water partition coefficient (Wildman–Crippen LogP) is 3.70. The van der Waals surface area contributed by atoms with Crippen molar-refractivity contribution in [3.8, 4) is 0 Å². The van der Waals surface area contributed by atoms with Crippen molar-refractivity contribution in [1.82, 2.24) is 14.5 Å². The van der Waals surface area contributed by atoms with Gasteiger partial charge < -0.3 is 14.8 Å². The van der Waals surface area contributed by atoms with Gasteiger partial charge in [-0.15, -0.1) is 0 Å². The quantitative estimate of drug-likeness (QED) is 0.478. The van der Waals surface area contributed by atoms with Crippen LogP contribution in [0.15, 0.2) is 29.8 Å². The lowest BCUT2D eigenvalue weighted by Gasteiger charge is -2.19. The number of thioether (sulfide) groups is 1. The summed E-state index contributed by atoms with van der Waals surface area (Å²) in [7, 11) is 0. The molecule has 0 fully saturated rings. The van der Waals surface area contributed by atoms with E-state index in [0.717, 1.165) is 0 Å². The number of aromatic nitrogens is 3. The Kier molecular flexibility index (Phi) is 6.25. The first-order chi connectivity index (χ1) is 12.2. The first kappa shape index (κ1) is 19.8. The van der Waals surface area contributed by atoms with Crippen LogP contribution in [0.4, 0.5) is 16.3 Å². The van der Waals surface area contributed by atoms with Gasteiger partial charge in [0.2, 0.25) is 0 Å². The van der Waals surface area contributed by atoms with Gasteiger partial charge in [-0.25, -0.2) is 19.6 Å². The third kappa shape index (κ3) is 5.22. The average molecular weight is 378 g/mol. The molecule has 26 heavy (non-hydrogen) atoms. The molecule has 0 aliphatic rings. The molecule has 2 aromatic rings. The van der Waals surface area contributed by atoms with Gasteiger partial charge in [-0.05, 0) is 40.0 Å². The molecule has 8 nitrogen and oxygen atoms in total. The highest BCUT2D eigenvalue weighted by atomic mass is 32.2. The molecule has 0 unspecified atom stereocenters. The van der Waals surface area contributed by atoms with Crippen LogP contribution in [0.1, 0.15) is 38.1 Å². The van der Waals surface area contributed by atoms with Gasteiger partial charge in [0.15, 0.2) is 5.16 Å². The number of carbonyl (C=O) groups is 2. The summed E-state index contributed by atoms with van der Waals surface area (Å²) in [5.74, 6) is -0.209. The maximum Gasteiger partial charge on any atom is 0.418 e. The number of hydrogen-bond acceptors (Lipinski definition) is 8. The summed E-state index contributed by atoms with van der Waals surface area (Å²) >= 11 is 1.35. The lowest BCUT2D eigenvalue weighted by atomic mass is 10.2. The fourth-order valence-corrected chi connectivity index (χ4v) is 2.29. The van der Waals surface area contributed by atoms with Crippen molar-refractivity contribution in [2.24, 2.45) is 0 Å². The highest BCUT2D eigenvalue weighted by Gasteiger charge is 2.19. The highest BCUT2D eigenvalue weighted by molar-refractivity contribution is 7.98. The molecular weight excluding hydrogens is 356 g/mol. The van der Waals surface area contributed by atoms with Crippen LogP contribution >= 0.6 is 11.8 Å². The number of nitrogens with zero attached hydrogens (tertiary/aromatic N) is 3. The van der Waals surface area contributed by atoms with Crippen LogP contribution < -0.4 is 5.32 Å². The van der Waals surface area contributed by atoms with E-state index in [-0.39, 0.29) is 12.2 Å². The lowest BCUT2D eigenvalue weighted by molar-refractivity contribution is 0.0519. The van der Waals surface area contributed by atoms with Gasteiger partial charge in [-0.1, -0.05) is 11.8 Å². The van der Waals surface area contributed by atoms with Gasteiger partial charge in [0, 0.05) is 18.6 Å². The summed E-state index contributed by atoms with van der Waals surface area (Å²) < 4.78 is 11.7. The fourth-order valence-electron chi connectivity index (χ4n) is 1.95. The van der Waals surface area contributed by atoms with E-state index >= 15 is 0 Å². The number of rotatable bonds is 5. The summed E-state index contributed by atoms with van der Waals surface area (Å²) in [5.41, 5.74) is 0.202. The van der Waals surface area contributed by atoms with Gasteiger partial charge in [0.05, 0.1) is 12.3 Å². The summed E-state index contributed by atoms with van der Waals surface area (Å²) in [4.78, 5) is 32.6. The zero-order valence-electron chi connectivity index (χ0n) is 15.4. The zero-order chi connectivity index (χ0) is 19.3. The monoisotopic (exact) mass is 378 g/mol. The summed E-state index contributed by atoms with van der Waals surface area (Å²) in [5, 5.41) is 3.54. The summed E-state index contributed by atoms with van der Waals surface area (Å²) in [6.45, 7) is 7.36. The Morgan fingerprint density at radius 3 is 2.69 bits per heavy atom. The molecule has 0 saturated carbocycles. The van der Waals surface area contributed by atoms with E-state index in [0.29, 0.717) is 16.7 Å². The predicted molar refractivity (Wildman–Crippen MR) is 99.1 cm³/mol. The molecule has 2 aromatic heterocycles. The van der Waals surface area contributed by atoms with Crippen LogP contribution in [-0.4, -0.2) is 45.1 Å². The summed E-state index contributed by atoms with van der Waals surface area (Å²) in [6, 6.07) is 1.68. The van der Waals surface area contributed by atoms with E-state index < -0.39 is 17.7 Å². The Labute approximate surface area is 156 Å².